The predicted molar refractivity (Wildman–Crippen MR) is 74.9 cm³/mol. The van der Waals surface area contributed by atoms with E-state index >= 15 is 0 Å². The Kier molecular flexibility index (Phi) is 4.30. The largest absolute Gasteiger partial charge is 0.508 e. The van der Waals surface area contributed by atoms with Gasteiger partial charge in [0.15, 0.2) is 0 Å². The van der Waals surface area contributed by atoms with Gasteiger partial charge in [0.05, 0.1) is 19.9 Å². The molecule has 0 heterocycles. The predicted octanol–water partition coefficient (Wildman–Crippen LogP) is 3.16. The molecule has 2 N–H and O–H groups in total. The summed E-state index contributed by atoms with van der Waals surface area (Å²) in [4.78, 5) is 0. The number of halogens is 1. The van der Waals surface area contributed by atoms with Crippen molar-refractivity contribution in [3.8, 4) is 17.2 Å². The summed E-state index contributed by atoms with van der Waals surface area (Å²) in [7, 11) is 3.14. The lowest BCUT2D eigenvalue weighted by atomic mass is 10.2. The van der Waals surface area contributed by atoms with E-state index < -0.39 is 5.82 Å². The van der Waals surface area contributed by atoms with Gasteiger partial charge in [-0.05, 0) is 29.8 Å². The Morgan fingerprint density at radius 1 is 1.10 bits per heavy atom. The number of anilines is 1. The van der Waals surface area contributed by atoms with Gasteiger partial charge in [-0.1, -0.05) is 0 Å². The molecule has 4 nitrogen and oxygen atoms in total. The third-order valence-electron chi connectivity index (χ3n) is 2.83. The Labute approximate surface area is 116 Å². The molecule has 0 saturated heterocycles. The zero-order valence-electron chi connectivity index (χ0n) is 11.3. The number of benzene rings is 2. The van der Waals surface area contributed by atoms with E-state index in [0.29, 0.717) is 23.6 Å². The van der Waals surface area contributed by atoms with Gasteiger partial charge < -0.3 is 19.9 Å². The minimum absolute atomic E-state index is 0.0940. The third kappa shape index (κ3) is 3.32. The standard InChI is InChI=1S/C15H16FNO3/c1-19-13-3-4-14(15(8-13)20-2)17-9-10-5-11(16)7-12(18)6-10/h3-8,17-18H,9H2,1-2H3. The van der Waals surface area contributed by atoms with Crippen LogP contribution in [0.4, 0.5) is 10.1 Å². The average Bonchev–Trinajstić information content (AvgIpc) is 2.44. The molecule has 0 aliphatic heterocycles. The van der Waals surface area contributed by atoms with Crippen molar-refractivity contribution >= 4 is 5.69 Å². The lowest BCUT2D eigenvalue weighted by Gasteiger charge is -2.12. The van der Waals surface area contributed by atoms with Crippen molar-refractivity contribution in [3.05, 3.63) is 47.8 Å². The van der Waals surface area contributed by atoms with Crippen molar-refractivity contribution in [2.75, 3.05) is 19.5 Å². The maximum absolute atomic E-state index is 13.2. The molecule has 0 amide bonds. The van der Waals surface area contributed by atoms with Gasteiger partial charge >= 0.3 is 0 Å². The van der Waals surface area contributed by atoms with Crippen LogP contribution in [-0.2, 0) is 6.54 Å². The number of ether oxygens (including phenoxy) is 2. The van der Waals surface area contributed by atoms with Gasteiger partial charge in [-0.3, -0.25) is 0 Å². The maximum Gasteiger partial charge on any atom is 0.145 e. The van der Waals surface area contributed by atoms with Crippen LogP contribution in [0, 0.1) is 5.82 Å². The lowest BCUT2D eigenvalue weighted by molar-refractivity contribution is 0.395. The van der Waals surface area contributed by atoms with Crippen molar-refractivity contribution < 1.29 is 19.0 Å². The molecule has 106 valence electrons. The van der Waals surface area contributed by atoms with Crippen LogP contribution in [0.15, 0.2) is 36.4 Å². The number of aromatic hydroxyl groups is 1. The minimum Gasteiger partial charge on any atom is -0.508 e. The molecule has 2 aromatic rings. The van der Waals surface area contributed by atoms with Crippen LogP contribution in [0.1, 0.15) is 5.56 Å². The fraction of sp³-hybridized carbons (Fsp3) is 0.200. The van der Waals surface area contributed by atoms with Gasteiger partial charge in [-0.2, -0.15) is 0 Å². The zero-order valence-corrected chi connectivity index (χ0v) is 11.3. The topological polar surface area (TPSA) is 50.7 Å². The van der Waals surface area contributed by atoms with Gasteiger partial charge in [-0.25, -0.2) is 4.39 Å². The van der Waals surface area contributed by atoms with Gasteiger partial charge in [0.2, 0.25) is 0 Å². The normalized spacial score (nSPS) is 10.2. The van der Waals surface area contributed by atoms with Gasteiger partial charge in [0.1, 0.15) is 23.1 Å². The quantitative estimate of drug-likeness (QED) is 0.881. The van der Waals surface area contributed by atoms with E-state index in [1.54, 1.807) is 26.4 Å². The molecule has 0 fully saturated rings. The summed E-state index contributed by atoms with van der Waals surface area (Å²) in [5.74, 6) is 0.757. The number of nitrogens with one attached hydrogen (secondary N) is 1. The summed E-state index contributed by atoms with van der Waals surface area (Å²) in [6.07, 6.45) is 0. The fourth-order valence-corrected chi connectivity index (χ4v) is 1.88. The third-order valence-corrected chi connectivity index (χ3v) is 2.83. The molecule has 2 aromatic carbocycles. The van der Waals surface area contributed by atoms with Gasteiger partial charge in [-0.15, -0.1) is 0 Å². The summed E-state index contributed by atoms with van der Waals surface area (Å²) in [6, 6.07) is 9.31. The van der Waals surface area contributed by atoms with Crippen molar-refractivity contribution in [2.45, 2.75) is 6.54 Å². The zero-order chi connectivity index (χ0) is 14.5. The summed E-state index contributed by atoms with van der Waals surface area (Å²) < 4.78 is 23.5. The summed E-state index contributed by atoms with van der Waals surface area (Å²) >= 11 is 0. The molecule has 0 aliphatic rings. The van der Waals surface area contributed by atoms with Crippen LogP contribution < -0.4 is 14.8 Å². The smallest absolute Gasteiger partial charge is 0.145 e. The Bertz CT molecular complexity index is 581. The Morgan fingerprint density at radius 3 is 2.55 bits per heavy atom. The first kappa shape index (κ1) is 14.0. The molecule has 0 radical (unpaired) electrons. The van der Waals surface area contributed by atoms with Crippen LogP contribution in [-0.4, -0.2) is 19.3 Å². The summed E-state index contributed by atoms with van der Waals surface area (Å²) in [6.45, 7) is 0.369. The second-order valence-corrected chi connectivity index (χ2v) is 4.24. The number of rotatable bonds is 5. The lowest BCUT2D eigenvalue weighted by Crippen LogP contribution is -2.02. The molecule has 0 unspecified atom stereocenters. The number of hydrogen-bond acceptors (Lipinski definition) is 4. The number of phenols is 1. The van der Waals surface area contributed by atoms with E-state index in [-0.39, 0.29) is 5.75 Å². The highest BCUT2D eigenvalue weighted by atomic mass is 19.1. The van der Waals surface area contributed by atoms with Crippen LogP contribution >= 0.6 is 0 Å². The minimum atomic E-state index is -0.469. The molecule has 0 atom stereocenters. The second-order valence-electron chi connectivity index (χ2n) is 4.24. The molecular weight excluding hydrogens is 261 g/mol. The maximum atomic E-state index is 13.2. The number of phenolic OH excluding ortho intramolecular Hbond substituents is 1. The van der Waals surface area contributed by atoms with E-state index in [0.717, 1.165) is 11.8 Å². The van der Waals surface area contributed by atoms with Crippen LogP contribution in [0.3, 0.4) is 0 Å². The number of methoxy groups -OCH3 is 2. The van der Waals surface area contributed by atoms with Crippen LogP contribution in [0.5, 0.6) is 17.2 Å². The first-order valence-electron chi connectivity index (χ1n) is 6.06. The molecule has 0 bridgehead atoms. The molecule has 0 saturated carbocycles. The van der Waals surface area contributed by atoms with Crippen molar-refractivity contribution in [1.29, 1.82) is 0 Å². The number of hydrogen-bond donors (Lipinski definition) is 2. The molecule has 0 spiro atoms. The first-order chi connectivity index (χ1) is 9.62. The molecule has 2 rings (SSSR count). The summed E-state index contributed by atoms with van der Waals surface area (Å²) in [5, 5.41) is 12.5. The van der Waals surface area contributed by atoms with Gasteiger partial charge in [0.25, 0.3) is 0 Å². The Balaban J connectivity index is 2.14. The van der Waals surface area contributed by atoms with Crippen LogP contribution in [0.2, 0.25) is 0 Å². The average molecular weight is 277 g/mol. The van der Waals surface area contributed by atoms with E-state index in [1.165, 1.54) is 12.1 Å². The first-order valence-corrected chi connectivity index (χ1v) is 6.06. The van der Waals surface area contributed by atoms with Crippen molar-refractivity contribution in [3.63, 3.8) is 0 Å². The molecule has 5 heteroatoms. The molecule has 0 aliphatic carbocycles. The summed E-state index contributed by atoms with van der Waals surface area (Å²) in [5.41, 5.74) is 1.40. The monoisotopic (exact) mass is 277 g/mol. The highest BCUT2D eigenvalue weighted by molar-refractivity contribution is 5.59. The van der Waals surface area contributed by atoms with Crippen LogP contribution in [0.25, 0.3) is 0 Å². The van der Waals surface area contributed by atoms with Crippen molar-refractivity contribution in [1.82, 2.24) is 0 Å². The van der Waals surface area contributed by atoms with Gasteiger partial charge in [0, 0.05) is 18.7 Å². The highest BCUT2D eigenvalue weighted by Gasteiger charge is 2.06. The highest BCUT2D eigenvalue weighted by Crippen LogP contribution is 2.29. The second kappa shape index (κ2) is 6.14. The fourth-order valence-electron chi connectivity index (χ4n) is 1.88. The van der Waals surface area contributed by atoms with E-state index in [9.17, 15) is 9.50 Å². The molecule has 20 heavy (non-hydrogen) atoms. The van der Waals surface area contributed by atoms with E-state index in [1.807, 2.05) is 6.07 Å². The van der Waals surface area contributed by atoms with Crippen molar-refractivity contribution in [2.24, 2.45) is 0 Å². The SMILES string of the molecule is COc1ccc(NCc2cc(O)cc(F)c2)c(OC)c1. The molecule has 0 aromatic heterocycles. The van der Waals surface area contributed by atoms with E-state index in [2.05, 4.69) is 5.32 Å². The van der Waals surface area contributed by atoms with E-state index in [4.69, 9.17) is 9.47 Å². The Morgan fingerprint density at radius 2 is 1.90 bits per heavy atom. The molecular formula is C15H16FNO3. The Hall–Kier alpha value is -2.43.